The standard InChI is InChI=1S/C19H39N3O4.2C2H4O2/c1-18(2,3)25-16(23)15(22-17(24)26-19(4,5)6)11-7-9-13-21-14-10-8-12-20;2*1-2(3)4/h15,21H,7-14,20H2,1-6H3,(H,22,24);2*1H3,(H,3,4)/t15-;;/m0../s1. The van der Waals surface area contributed by atoms with E-state index in [0.29, 0.717) is 6.42 Å². The van der Waals surface area contributed by atoms with E-state index < -0.39 is 41.2 Å². The summed E-state index contributed by atoms with van der Waals surface area (Å²) in [6.07, 6.45) is 4.13. The molecule has 0 rings (SSSR count). The van der Waals surface area contributed by atoms with E-state index >= 15 is 0 Å². The first-order valence-electron chi connectivity index (χ1n) is 11.6. The second-order valence-electron chi connectivity index (χ2n) is 9.64. The van der Waals surface area contributed by atoms with Crippen molar-refractivity contribution in [3.8, 4) is 0 Å². The number of carboxylic acids is 2. The molecule has 0 spiro atoms. The van der Waals surface area contributed by atoms with Crippen LogP contribution in [0.1, 0.15) is 87.5 Å². The second kappa shape index (κ2) is 20.0. The zero-order valence-corrected chi connectivity index (χ0v) is 22.3. The van der Waals surface area contributed by atoms with Gasteiger partial charge in [0.2, 0.25) is 0 Å². The van der Waals surface area contributed by atoms with Gasteiger partial charge in [0, 0.05) is 24.8 Å². The molecule has 0 saturated carbocycles. The Morgan fingerprint density at radius 2 is 1.24 bits per heavy atom. The summed E-state index contributed by atoms with van der Waals surface area (Å²) >= 11 is 0. The summed E-state index contributed by atoms with van der Waals surface area (Å²) in [6.45, 7) is 15.9. The van der Waals surface area contributed by atoms with Gasteiger partial charge in [-0.15, -0.1) is 0 Å². The van der Waals surface area contributed by atoms with Crippen LogP contribution in [0.2, 0.25) is 0 Å². The summed E-state index contributed by atoms with van der Waals surface area (Å²) in [5.41, 5.74) is 2.64. The molecular formula is C23H47N3O8. The minimum Gasteiger partial charge on any atom is -0.550 e. The molecule has 0 aliphatic heterocycles. The molecule has 0 aromatic rings. The Hall–Kier alpha value is -2.40. The third-order valence-electron chi connectivity index (χ3n) is 3.44. The van der Waals surface area contributed by atoms with Gasteiger partial charge in [0.05, 0.1) is 19.6 Å². The number of nitrogens with two attached hydrogens (primary N) is 1. The van der Waals surface area contributed by atoms with Gasteiger partial charge in [0.1, 0.15) is 17.2 Å². The SMILES string of the molecule is CC(=O)[O-].CC(=O)[O-].CC(C)(C)OC(=O)N[C@@H](CCCC[NH2+]CCCC[NH3+])C(=O)OC(C)(C)C. The number of carboxylic acid groups (broad SMARTS) is 2. The molecule has 1 amide bonds. The van der Waals surface area contributed by atoms with Crippen molar-refractivity contribution in [1.29, 1.82) is 0 Å². The van der Waals surface area contributed by atoms with Gasteiger partial charge in [0.15, 0.2) is 0 Å². The number of nitrogens with one attached hydrogen (secondary N) is 1. The van der Waals surface area contributed by atoms with Crippen LogP contribution in [0.4, 0.5) is 4.79 Å². The minimum atomic E-state index is -1.08. The maximum absolute atomic E-state index is 12.4. The number of carbonyl (C=O) groups is 4. The molecule has 1 atom stereocenters. The van der Waals surface area contributed by atoms with Gasteiger partial charge in [-0.05, 0) is 74.7 Å². The lowest BCUT2D eigenvalue weighted by Crippen LogP contribution is -2.84. The number of esters is 1. The van der Waals surface area contributed by atoms with Crippen LogP contribution in [0.25, 0.3) is 0 Å². The number of hydrogen-bond donors (Lipinski definition) is 3. The summed E-state index contributed by atoms with van der Waals surface area (Å²) in [4.78, 5) is 42.2. The van der Waals surface area contributed by atoms with Crippen LogP contribution in [0, 0.1) is 0 Å². The molecule has 0 aromatic heterocycles. The number of carbonyl (C=O) groups excluding carboxylic acids is 4. The van der Waals surface area contributed by atoms with E-state index in [2.05, 4.69) is 16.4 Å². The third-order valence-corrected chi connectivity index (χ3v) is 3.44. The first-order valence-corrected chi connectivity index (χ1v) is 11.6. The number of amides is 1. The van der Waals surface area contributed by atoms with E-state index in [0.717, 1.165) is 52.7 Å². The monoisotopic (exact) mass is 493 g/mol. The van der Waals surface area contributed by atoms with Gasteiger partial charge in [-0.3, -0.25) is 0 Å². The largest absolute Gasteiger partial charge is 0.550 e. The van der Waals surface area contributed by atoms with Gasteiger partial charge in [-0.1, -0.05) is 0 Å². The molecule has 0 radical (unpaired) electrons. The summed E-state index contributed by atoms with van der Waals surface area (Å²) < 4.78 is 10.7. The third kappa shape index (κ3) is 36.9. The fraction of sp³-hybridized carbons (Fsp3) is 0.826. The molecule has 11 nitrogen and oxygen atoms in total. The summed E-state index contributed by atoms with van der Waals surface area (Å²) in [5.74, 6) is -2.58. The van der Waals surface area contributed by atoms with Crippen molar-refractivity contribution in [2.24, 2.45) is 0 Å². The molecule has 0 heterocycles. The number of unbranched alkanes of at least 4 members (excludes halogenated alkanes) is 2. The Bertz CT molecular complexity index is 564. The molecule has 0 saturated heterocycles. The first kappa shape index (κ1) is 36.2. The van der Waals surface area contributed by atoms with Crippen LogP contribution in [0.5, 0.6) is 0 Å². The Labute approximate surface area is 204 Å². The topological polar surface area (TPSA) is 189 Å². The van der Waals surface area contributed by atoms with E-state index in [9.17, 15) is 9.59 Å². The summed E-state index contributed by atoms with van der Waals surface area (Å²) in [6, 6.07) is -0.685. The Morgan fingerprint density at radius 1 is 0.824 bits per heavy atom. The highest BCUT2D eigenvalue weighted by Gasteiger charge is 2.28. The Balaban J connectivity index is -0.00000103. The van der Waals surface area contributed by atoms with E-state index in [1.807, 2.05) is 20.8 Å². The van der Waals surface area contributed by atoms with E-state index in [1.165, 1.54) is 6.42 Å². The number of hydrogen-bond acceptors (Lipinski definition) is 8. The van der Waals surface area contributed by atoms with Gasteiger partial charge in [-0.25, -0.2) is 9.59 Å². The molecule has 11 heteroatoms. The first-order chi connectivity index (χ1) is 15.4. The Morgan fingerprint density at radius 3 is 1.62 bits per heavy atom. The zero-order valence-electron chi connectivity index (χ0n) is 22.3. The van der Waals surface area contributed by atoms with E-state index in [1.54, 1.807) is 20.8 Å². The van der Waals surface area contributed by atoms with Crippen molar-refractivity contribution in [3.63, 3.8) is 0 Å². The predicted molar refractivity (Wildman–Crippen MR) is 123 cm³/mol. The van der Waals surface area contributed by atoms with Crippen LogP contribution >= 0.6 is 0 Å². The van der Waals surface area contributed by atoms with Crippen LogP contribution in [0.15, 0.2) is 0 Å². The summed E-state index contributed by atoms with van der Waals surface area (Å²) in [7, 11) is 0. The van der Waals surface area contributed by atoms with Crippen LogP contribution in [0.3, 0.4) is 0 Å². The van der Waals surface area contributed by atoms with Crippen LogP contribution < -0.4 is 26.6 Å². The highest BCUT2D eigenvalue weighted by Crippen LogP contribution is 2.13. The molecule has 34 heavy (non-hydrogen) atoms. The average Bonchev–Trinajstić information content (AvgIpc) is 2.59. The number of quaternary nitrogens is 2. The molecule has 0 unspecified atom stereocenters. The number of alkyl carbamates (subject to hydrolysis) is 1. The maximum atomic E-state index is 12.4. The van der Waals surface area contributed by atoms with Crippen molar-refractivity contribution in [2.45, 2.75) is 105 Å². The van der Waals surface area contributed by atoms with Crippen molar-refractivity contribution in [3.05, 3.63) is 0 Å². The molecule has 0 aliphatic rings. The lowest BCUT2D eigenvalue weighted by molar-refractivity contribution is -0.655. The highest BCUT2D eigenvalue weighted by molar-refractivity contribution is 5.81. The lowest BCUT2D eigenvalue weighted by Gasteiger charge is -2.26. The maximum Gasteiger partial charge on any atom is 0.408 e. The predicted octanol–water partition coefficient (Wildman–Crippen LogP) is -1.51. The molecule has 0 bridgehead atoms. The van der Waals surface area contributed by atoms with Crippen molar-refractivity contribution < 1.29 is 49.9 Å². The van der Waals surface area contributed by atoms with Crippen molar-refractivity contribution >= 4 is 24.0 Å². The molecule has 0 aromatic carbocycles. The van der Waals surface area contributed by atoms with Gasteiger partial charge in [0.25, 0.3) is 0 Å². The molecule has 202 valence electrons. The van der Waals surface area contributed by atoms with Gasteiger partial charge < -0.3 is 45.6 Å². The molecule has 0 aliphatic carbocycles. The number of rotatable bonds is 11. The lowest BCUT2D eigenvalue weighted by atomic mass is 10.1. The van der Waals surface area contributed by atoms with Crippen molar-refractivity contribution in [1.82, 2.24) is 5.32 Å². The number of ether oxygens (including phenoxy) is 2. The minimum absolute atomic E-state index is 0.414. The zero-order chi connectivity index (χ0) is 27.4. The van der Waals surface area contributed by atoms with Crippen LogP contribution in [-0.2, 0) is 23.9 Å². The van der Waals surface area contributed by atoms with E-state index in [-0.39, 0.29) is 0 Å². The fourth-order valence-electron chi connectivity index (χ4n) is 2.32. The van der Waals surface area contributed by atoms with Crippen LogP contribution in [-0.4, -0.2) is 60.9 Å². The van der Waals surface area contributed by atoms with Gasteiger partial charge >= 0.3 is 12.1 Å². The Kier molecular flexibility index (Phi) is 21.3. The highest BCUT2D eigenvalue weighted by atomic mass is 16.6. The molecule has 6 N–H and O–H groups in total. The quantitative estimate of drug-likeness (QED) is 0.228. The summed E-state index contributed by atoms with van der Waals surface area (Å²) in [5, 5.41) is 22.7. The average molecular weight is 494 g/mol. The number of aliphatic carboxylic acids is 2. The molecule has 0 fully saturated rings. The molecular weight excluding hydrogens is 446 g/mol. The van der Waals surface area contributed by atoms with Crippen molar-refractivity contribution in [2.75, 3.05) is 19.6 Å². The van der Waals surface area contributed by atoms with E-state index in [4.69, 9.17) is 29.3 Å². The smallest absolute Gasteiger partial charge is 0.408 e. The van der Waals surface area contributed by atoms with Gasteiger partial charge in [-0.2, -0.15) is 0 Å². The fourth-order valence-corrected chi connectivity index (χ4v) is 2.32. The normalized spacial score (nSPS) is 11.6. The second-order valence-corrected chi connectivity index (χ2v) is 9.64.